The first-order chi connectivity index (χ1) is 4.34. The molecule has 0 fully saturated rings. The molecule has 1 aromatic heterocycles. The number of rotatable bonds is 1. The fourth-order valence-corrected chi connectivity index (χ4v) is 0.964. The van der Waals surface area contributed by atoms with E-state index in [2.05, 4.69) is 0 Å². The highest BCUT2D eigenvalue weighted by molar-refractivity contribution is 14.1. The number of alkyl halides is 1. The van der Waals surface area contributed by atoms with Gasteiger partial charge < -0.3 is 0 Å². The van der Waals surface area contributed by atoms with Crippen LogP contribution in [0.5, 0.6) is 0 Å². The zero-order chi connectivity index (χ0) is 6.69. The summed E-state index contributed by atoms with van der Waals surface area (Å²) in [7, 11) is 0. The average Bonchev–Trinajstić information content (AvgIpc) is 2.37. The molecular formula is C6H6INO. The van der Waals surface area contributed by atoms with E-state index in [9.17, 15) is 4.79 Å². The molecule has 9 heavy (non-hydrogen) atoms. The molecule has 3 heteroatoms. The van der Waals surface area contributed by atoms with Crippen LogP contribution >= 0.6 is 22.6 Å². The van der Waals surface area contributed by atoms with Gasteiger partial charge in [0.05, 0.1) is 4.43 Å². The molecule has 0 saturated heterocycles. The molecule has 0 aliphatic rings. The lowest BCUT2D eigenvalue weighted by atomic mass is 10.7. The van der Waals surface area contributed by atoms with E-state index in [1.165, 1.54) is 0 Å². The Labute approximate surface area is 67.0 Å². The first-order valence-corrected chi connectivity index (χ1v) is 4.09. The predicted octanol–water partition coefficient (Wildman–Crippen LogP) is 1.56. The van der Waals surface area contributed by atoms with Crippen molar-refractivity contribution in [2.75, 3.05) is 4.43 Å². The summed E-state index contributed by atoms with van der Waals surface area (Å²) in [5.41, 5.74) is 0. The summed E-state index contributed by atoms with van der Waals surface area (Å²) in [6, 6.07) is 3.68. The Hall–Kier alpha value is -0.320. The van der Waals surface area contributed by atoms with Crippen molar-refractivity contribution in [3.05, 3.63) is 24.5 Å². The van der Waals surface area contributed by atoms with Gasteiger partial charge in [-0.15, -0.1) is 0 Å². The van der Waals surface area contributed by atoms with Crippen LogP contribution in [0.15, 0.2) is 24.5 Å². The van der Waals surface area contributed by atoms with Crippen LogP contribution in [-0.2, 0) is 0 Å². The Kier molecular flexibility index (Phi) is 2.27. The van der Waals surface area contributed by atoms with Crippen molar-refractivity contribution in [2.24, 2.45) is 0 Å². The lowest BCUT2D eigenvalue weighted by molar-refractivity contribution is 0.0945. The lowest BCUT2D eigenvalue weighted by Gasteiger charge is -1.93. The molecular weight excluding hydrogens is 229 g/mol. The van der Waals surface area contributed by atoms with Gasteiger partial charge in [0.25, 0.3) is 0 Å². The molecule has 1 aromatic rings. The Bertz CT molecular complexity index is 193. The Morgan fingerprint density at radius 2 is 2.00 bits per heavy atom. The van der Waals surface area contributed by atoms with Crippen molar-refractivity contribution in [1.82, 2.24) is 4.57 Å². The molecule has 1 rings (SSSR count). The third-order valence-corrected chi connectivity index (χ3v) is 1.66. The van der Waals surface area contributed by atoms with Crippen LogP contribution in [-0.4, -0.2) is 14.9 Å². The number of carbonyl (C=O) groups is 1. The third kappa shape index (κ3) is 1.54. The van der Waals surface area contributed by atoms with Crippen LogP contribution in [0.3, 0.4) is 0 Å². The van der Waals surface area contributed by atoms with Gasteiger partial charge >= 0.3 is 0 Å². The minimum absolute atomic E-state index is 0.126. The van der Waals surface area contributed by atoms with E-state index in [0.717, 1.165) is 0 Å². The first-order valence-electron chi connectivity index (χ1n) is 2.56. The number of hydrogen-bond acceptors (Lipinski definition) is 1. The van der Waals surface area contributed by atoms with Gasteiger partial charge in [-0.1, -0.05) is 22.6 Å². The monoisotopic (exact) mass is 235 g/mol. The van der Waals surface area contributed by atoms with Crippen LogP contribution in [0.25, 0.3) is 0 Å². The first kappa shape index (κ1) is 6.80. The minimum atomic E-state index is 0.126. The molecule has 0 aromatic carbocycles. The fraction of sp³-hybridized carbons (Fsp3) is 0.167. The summed E-state index contributed by atoms with van der Waals surface area (Å²) in [6.07, 6.45) is 3.50. The highest BCUT2D eigenvalue weighted by atomic mass is 127. The summed E-state index contributed by atoms with van der Waals surface area (Å²) in [5, 5.41) is 0. The molecule has 0 spiro atoms. The summed E-state index contributed by atoms with van der Waals surface area (Å²) >= 11 is 2.04. The molecule has 48 valence electrons. The zero-order valence-corrected chi connectivity index (χ0v) is 6.91. The normalized spacial score (nSPS) is 9.44. The number of carbonyl (C=O) groups excluding carboxylic acids is 1. The van der Waals surface area contributed by atoms with Gasteiger partial charge in [-0.2, -0.15) is 0 Å². The molecule has 0 saturated carbocycles. The van der Waals surface area contributed by atoms with Crippen LogP contribution in [0.2, 0.25) is 0 Å². The molecule has 0 aliphatic carbocycles. The van der Waals surface area contributed by atoms with E-state index < -0.39 is 0 Å². The van der Waals surface area contributed by atoms with Crippen molar-refractivity contribution in [2.45, 2.75) is 0 Å². The largest absolute Gasteiger partial charge is 0.294 e. The van der Waals surface area contributed by atoms with Gasteiger partial charge in [0.1, 0.15) is 0 Å². The van der Waals surface area contributed by atoms with Crippen LogP contribution in [0, 0.1) is 0 Å². The maximum atomic E-state index is 10.8. The molecule has 0 radical (unpaired) electrons. The lowest BCUT2D eigenvalue weighted by Crippen LogP contribution is -2.07. The van der Waals surface area contributed by atoms with Gasteiger partial charge in [0.2, 0.25) is 5.91 Å². The minimum Gasteiger partial charge on any atom is -0.294 e. The van der Waals surface area contributed by atoms with Crippen molar-refractivity contribution >= 4 is 28.5 Å². The summed E-state index contributed by atoms with van der Waals surface area (Å²) in [4.78, 5) is 10.8. The van der Waals surface area contributed by atoms with Crippen molar-refractivity contribution < 1.29 is 4.79 Å². The Morgan fingerprint density at radius 3 is 2.44 bits per heavy atom. The molecule has 0 atom stereocenters. The van der Waals surface area contributed by atoms with E-state index >= 15 is 0 Å². The van der Waals surface area contributed by atoms with E-state index in [-0.39, 0.29) is 5.91 Å². The number of halogens is 1. The van der Waals surface area contributed by atoms with E-state index in [0.29, 0.717) is 4.43 Å². The highest BCUT2D eigenvalue weighted by Crippen LogP contribution is 1.92. The maximum absolute atomic E-state index is 10.8. The average molecular weight is 235 g/mol. The molecule has 1 heterocycles. The Morgan fingerprint density at radius 1 is 1.44 bits per heavy atom. The number of hydrogen-bond donors (Lipinski definition) is 0. The number of nitrogens with zero attached hydrogens (tertiary/aromatic N) is 1. The summed E-state index contributed by atoms with van der Waals surface area (Å²) < 4.78 is 2.11. The third-order valence-electron chi connectivity index (χ3n) is 1.01. The highest BCUT2D eigenvalue weighted by Gasteiger charge is 1.96. The molecule has 0 amide bonds. The Balaban J connectivity index is 2.77. The standard InChI is InChI=1S/C6H6INO/c7-5-6(9)8-3-1-2-4-8/h1-4H,5H2. The van der Waals surface area contributed by atoms with E-state index in [1.807, 2.05) is 34.7 Å². The predicted molar refractivity (Wildman–Crippen MR) is 43.9 cm³/mol. The summed E-state index contributed by atoms with van der Waals surface area (Å²) in [5.74, 6) is 0.126. The van der Waals surface area contributed by atoms with Crippen LogP contribution in [0.4, 0.5) is 0 Å². The van der Waals surface area contributed by atoms with Crippen molar-refractivity contribution in [3.63, 3.8) is 0 Å². The van der Waals surface area contributed by atoms with Crippen LogP contribution in [0.1, 0.15) is 4.79 Å². The van der Waals surface area contributed by atoms with Gasteiger partial charge in [-0.25, -0.2) is 0 Å². The second kappa shape index (κ2) is 3.00. The summed E-state index contributed by atoms with van der Waals surface area (Å²) in [6.45, 7) is 0. The topological polar surface area (TPSA) is 22.0 Å². The number of aromatic nitrogens is 1. The van der Waals surface area contributed by atoms with Crippen molar-refractivity contribution in [3.8, 4) is 0 Å². The second-order valence-electron chi connectivity index (χ2n) is 1.62. The van der Waals surface area contributed by atoms with Gasteiger partial charge in [-0.3, -0.25) is 9.36 Å². The van der Waals surface area contributed by atoms with Gasteiger partial charge in [-0.05, 0) is 12.1 Å². The van der Waals surface area contributed by atoms with E-state index in [4.69, 9.17) is 0 Å². The van der Waals surface area contributed by atoms with Gasteiger partial charge in [0.15, 0.2) is 0 Å². The SMILES string of the molecule is O=C(CI)n1cccc1. The maximum Gasteiger partial charge on any atom is 0.240 e. The molecule has 0 aliphatic heterocycles. The quantitative estimate of drug-likeness (QED) is 0.534. The van der Waals surface area contributed by atoms with Crippen molar-refractivity contribution in [1.29, 1.82) is 0 Å². The molecule has 0 N–H and O–H groups in total. The molecule has 2 nitrogen and oxygen atoms in total. The molecule has 0 unspecified atom stereocenters. The van der Waals surface area contributed by atoms with Crippen LogP contribution < -0.4 is 0 Å². The fourth-order valence-electron chi connectivity index (χ4n) is 0.570. The van der Waals surface area contributed by atoms with E-state index in [1.54, 1.807) is 17.0 Å². The molecule has 0 bridgehead atoms. The smallest absolute Gasteiger partial charge is 0.240 e. The zero-order valence-electron chi connectivity index (χ0n) is 4.75. The second-order valence-corrected chi connectivity index (χ2v) is 2.38. The van der Waals surface area contributed by atoms with Gasteiger partial charge in [0, 0.05) is 12.4 Å².